The highest BCUT2D eigenvalue weighted by Crippen LogP contribution is 2.19. The molecule has 1 rings (SSSR count). The Morgan fingerprint density at radius 1 is 1.60 bits per heavy atom. The Morgan fingerprint density at radius 3 is 2.80 bits per heavy atom. The maximum Gasteiger partial charge on any atom is 0.240 e. The Morgan fingerprint density at radius 2 is 2.27 bits per heavy atom. The molecule has 0 saturated carbocycles. The number of hydrogen-bond donors (Lipinski definition) is 1. The van der Waals surface area contributed by atoms with E-state index in [1.807, 2.05) is 23.6 Å². The van der Waals surface area contributed by atoms with Crippen LogP contribution >= 0.6 is 11.8 Å². The van der Waals surface area contributed by atoms with E-state index in [4.69, 9.17) is 0 Å². The molecular weight excluding hydrogens is 208 g/mol. The summed E-state index contributed by atoms with van der Waals surface area (Å²) in [7, 11) is 0. The maximum atomic E-state index is 11.9. The molecule has 1 fully saturated rings. The average molecular weight is 230 g/mol. The average Bonchev–Trinajstić information content (AvgIpc) is 2.51. The Hall–Kier alpha value is -0.220. The first-order valence-corrected chi connectivity index (χ1v) is 7.08. The second-order valence-electron chi connectivity index (χ2n) is 4.19. The van der Waals surface area contributed by atoms with Gasteiger partial charge in [0.05, 0.1) is 12.2 Å². The number of nitrogens with one attached hydrogen (secondary N) is 1. The van der Waals surface area contributed by atoms with Gasteiger partial charge in [0.1, 0.15) is 0 Å². The van der Waals surface area contributed by atoms with Crippen molar-refractivity contribution >= 4 is 17.7 Å². The van der Waals surface area contributed by atoms with Crippen molar-refractivity contribution in [2.45, 2.75) is 51.9 Å². The molecule has 3 atom stereocenters. The molecule has 0 bridgehead atoms. The summed E-state index contributed by atoms with van der Waals surface area (Å²) in [6.45, 7) is 6.22. The van der Waals surface area contributed by atoms with Gasteiger partial charge in [-0.2, -0.15) is 11.8 Å². The van der Waals surface area contributed by atoms with Crippen LogP contribution in [0.4, 0.5) is 0 Å². The largest absolute Gasteiger partial charge is 0.323 e. The van der Waals surface area contributed by atoms with Crippen LogP contribution in [0.3, 0.4) is 0 Å². The van der Waals surface area contributed by atoms with E-state index in [0.717, 1.165) is 18.6 Å². The molecule has 0 aromatic carbocycles. The van der Waals surface area contributed by atoms with Gasteiger partial charge in [-0.1, -0.05) is 6.92 Å². The molecule has 3 nitrogen and oxygen atoms in total. The number of nitrogens with zero attached hydrogens (tertiary/aromatic N) is 1. The fourth-order valence-electron chi connectivity index (χ4n) is 2.08. The second kappa shape index (κ2) is 5.75. The Bertz CT molecular complexity index is 223. The molecule has 0 aromatic heterocycles. The molecule has 1 aliphatic rings. The Balaban J connectivity index is 2.60. The molecule has 88 valence electrons. The summed E-state index contributed by atoms with van der Waals surface area (Å²) < 4.78 is 0. The van der Waals surface area contributed by atoms with Gasteiger partial charge in [-0.25, -0.2) is 0 Å². The van der Waals surface area contributed by atoms with Crippen LogP contribution in [0.15, 0.2) is 0 Å². The van der Waals surface area contributed by atoms with Crippen LogP contribution in [0, 0.1) is 0 Å². The van der Waals surface area contributed by atoms with Gasteiger partial charge in [-0.15, -0.1) is 0 Å². The van der Waals surface area contributed by atoms with E-state index in [-0.39, 0.29) is 18.1 Å². The molecule has 3 unspecified atom stereocenters. The molecule has 0 radical (unpaired) electrons. The van der Waals surface area contributed by atoms with E-state index in [1.54, 1.807) is 0 Å². The van der Waals surface area contributed by atoms with Crippen molar-refractivity contribution in [3.05, 3.63) is 0 Å². The molecule has 1 N–H and O–H groups in total. The summed E-state index contributed by atoms with van der Waals surface area (Å²) in [6, 6.07) is 0.346. The molecule has 15 heavy (non-hydrogen) atoms. The Kier molecular flexibility index (Phi) is 4.93. The van der Waals surface area contributed by atoms with Crippen molar-refractivity contribution in [3.63, 3.8) is 0 Å². The molecule has 1 heterocycles. The summed E-state index contributed by atoms with van der Waals surface area (Å²) in [5.41, 5.74) is 0. The van der Waals surface area contributed by atoms with Crippen molar-refractivity contribution in [3.8, 4) is 0 Å². The standard InChI is InChI=1S/C11H22N2OS/c1-5-10-12-9(3)11(14)13(10)8(2)6-7-15-4/h8-10,12H,5-7H2,1-4H3. The zero-order chi connectivity index (χ0) is 11.4. The predicted molar refractivity (Wildman–Crippen MR) is 66.0 cm³/mol. The van der Waals surface area contributed by atoms with E-state index in [2.05, 4.69) is 25.4 Å². The van der Waals surface area contributed by atoms with Gasteiger partial charge in [0, 0.05) is 6.04 Å². The first-order chi connectivity index (χ1) is 7.11. The van der Waals surface area contributed by atoms with E-state index < -0.39 is 0 Å². The van der Waals surface area contributed by atoms with E-state index in [1.165, 1.54) is 0 Å². The van der Waals surface area contributed by atoms with Gasteiger partial charge in [0.25, 0.3) is 0 Å². The lowest BCUT2D eigenvalue weighted by molar-refractivity contribution is -0.131. The van der Waals surface area contributed by atoms with Crippen LogP contribution in [-0.4, -0.2) is 41.1 Å². The third-order valence-corrected chi connectivity index (χ3v) is 3.65. The summed E-state index contributed by atoms with van der Waals surface area (Å²) in [4.78, 5) is 14.0. The SMILES string of the molecule is CCC1NC(C)C(=O)N1C(C)CCSC. The zero-order valence-corrected chi connectivity index (χ0v) is 10.9. The highest BCUT2D eigenvalue weighted by atomic mass is 32.2. The topological polar surface area (TPSA) is 32.3 Å². The summed E-state index contributed by atoms with van der Waals surface area (Å²) in [5.74, 6) is 1.38. The number of carbonyl (C=O) groups is 1. The van der Waals surface area contributed by atoms with Crippen molar-refractivity contribution in [2.24, 2.45) is 0 Å². The molecule has 1 amide bonds. The molecule has 0 aromatic rings. The first-order valence-electron chi connectivity index (χ1n) is 5.69. The highest BCUT2D eigenvalue weighted by molar-refractivity contribution is 7.98. The Labute approximate surface area is 97.0 Å². The van der Waals surface area contributed by atoms with Crippen molar-refractivity contribution in [2.75, 3.05) is 12.0 Å². The number of rotatable bonds is 5. The molecule has 1 aliphatic heterocycles. The second-order valence-corrected chi connectivity index (χ2v) is 5.17. The maximum absolute atomic E-state index is 11.9. The summed E-state index contributed by atoms with van der Waals surface area (Å²) in [6.07, 6.45) is 4.41. The van der Waals surface area contributed by atoms with Crippen LogP contribution in [0.25, 0.3) is 0 Å². The minimum atomic E-state index is -0.00770. The fraction of sp³-hybridized carbons (Fsp3) is 0.909. The zero-order valence-electron chi connectivity index (χ0n) is 10.1. The van der Waals surface area contributed by atoms with Crippen LogP contribution in [0.2, 0.25) is 0 Å². The van der Waals surface area contributed by atoms with E-state index in [0.29, 0.717) is 6.04 Å². The van der Waals surface area contributed by atoms with Gasteiger partial charge >= 0.3 is 0 Å². The normalized spacial score (nSPS) is 28.5. The number of hydrogen-bond acceptors (Lipinski definition) is 3. The molecule has 0 spiro atoms. The van der Waals surface area contributed by atoms with Crippen LogP contribution in [-0.2, 0) is 4.79 Å². The van der Waals surface area contributed by atoms with Gasteiger partial charge in [0.2, 0.25) is 5.91 Å². The first kappa shape index (κ1) is 12.8. The number of amides is 1. The molecule has 0 aliphatic carbocycles. The van der Waals surface area contributed by atoms with Gasteiger partial charge in [-0.3, -0.25) is 10.1 Å². The fourth-order valence-corrected chi connectivity index (χ4v) is 2.66. The van der Waals surface area contributed by atoms with Gasteiger partial charge in [-0.05, 0) is 38.7 Å². The minimum Gasteiger partial charge on any atom is -0.323 e. The predicted octanol–water partition coefficient (Wildman–Crippen LogP) is 1.68. The summed E-state index contributed by atoms with van der Waals surface area (Å²) >= 11 is 1.84. The minimum absolute atomic E-state index is 0.00770. The lowest BCUT2D eigenvalue weighted by Gasteiger charge is -2.29. The third kappa shape index (κ3) is 2.88. The smallest absolute Gasteiger partial charge is 0.240 e. The van der Waals surface area contributed by atoms with Crippen molar-refractivity contribution in [1.29, 1.82) is 0 Å². The lowest BCUT2D eigenvalue weighted by atomic mass is 10.2. The van der Waals surface area contributed by atoms with Crippen molar-refractivity contribution in [1.82, 2.24) is 10.2 Å². The molecule has 4 heteroatoms. The third-order valence-electron chi connectivity index (χ3n) is 3.00. The van der Waals surface area contributed by atoms with E-state index in [9.17, 15) is 4.79 Å². The monoisotopic (exact) mass is 230 g/mol. The number of carbonyl (C=O) groups excluding carboxylic acids is 1. The van der Waals surface area contributed by atoms with Gasteiger partial charge in [0.15, 0.2) is 0 Å². The molecule has 1 saturated heterocycles. The highest BCUT2D eigenvalue weighted by Gasteiger charge is 2.37. The van der Waals surface area contributed by atoms with Crippen LogP contribution < -0.4 is 5.32 Å². The van der Waals surface area contributed by atoms with Gasteiger partial charge < -0.3 is 4.90 Å². The summed E-state index contributed by atoms with van der Waals surface area (Å²) in [5, 5.41) is 3.33. The quantitative estimate of drug-likeness (QED) is 0.780. The number of thioether (sulfide) groups is 1. The molecular formula is C11H22N2OS. The van der Waals surface area contributed by atoms with Crippen molar-refractivity contribution < 1.29 is 4.79 Å². The van der Waals surface area contributed by atoms with Crippen LogP contribution in [0.5, 0.6) is 0 Å². The lowest BCUT2D eigenvalue weighted by Crippen LogP contribution is -2.43. The van der Waals surface area contributed by atoms with Crippen LogP contribution in [0.1, 0.15) is 33.6 Å². The van der Waals surface area contributed by atoms with E-state index >= 15 is 0 Å².